The molecule has 0 amide bonds. The molecular weight excluding hydrogens is 364 g/mol. The van der Waals surface area contributed by atoms with Crippen molar-refractivity contribution in [2.24, 2.45) is 4.99 Å². The van der Waals surface area contributed by atoms with Crippen molar-refractivity contribution in [2.75, 3.05) is 46.9 Å². The Labute approximate surface area is 174 Å². The van der Waals surface area contributed by atoms with Crippen LogP contribution in [0.4, 0.5) is 0 Å². The second-order valence-electron chi connectivity index (χ2n) is 7.49. The lowest BCUT2D eigenvalue weighted by Crippen LogP contribution is -2.40. The largest absolute Gasteiger partial charge is 0.383 e. The molecule has 0 bridgehead atoms. The van der Waals surface area contributed by atoms with Gasteiger partial charge in [0.2, 0.25) is 0 Å². The highest BCUT2D eigenvalue weighted by atomic mass is 16.5. The Bertz CT molecular complexity index is 760. The van der Waals surface area contributed by atoms with Gasteiger partial charge in [-0.15, -0.1) is 0 Å². The summed E-state index contributed by atoms with van der Waals surface area (Å²) < 4.78 is 5.25. The summed E-state index contributed by atoms with van der Waals surface area (Å²) in [6.07, 6.45) is 4.34. The molecule has 1 fully saturated rings. The molecule has 29 heavy (non-hydrogen) atoms. The third-order valence-corrected chi connectivity index (χ3v) is 5.33. The summed E-state index contributed by atoms with van der Waals surface area (Å²) in [5, 5.41) is 3.41. The highest BCUT2D eigenvalue weighted by Crippen LogP contribution is 2.18. The molecule has 1 aromatic heterocycles. The number of methoxy groups -OCH3 is 1. The Morgan fingerprint density at radius 2 is 2.21 bits per heavy atom. The van der Waals surface area contributed by atoms with E-state index in [0.29, 0.717) is 12.6 Å². The molecule has 2 N–H and O–H groups in total. The van der Waals surface area contributed by atoms with Crippen LogP contribution in [0.1, 0.15) is 25.6 Å². The average Bonchev–Trinajstić information content (AvgIpc) is 3.39. The lowest BCUT2D eigenvalue weighted by Gasteiger charge is -2.25. The Morgan fingerprint density at radius 1 is 1.38 bits per heavy atom. The van der Waals surface area contributed by atoms with Crippen LogP contribution in [0.5, 0.6) is 0 Å². The summed E-state index contributed by atoms with van der Waals surface area (Å²) in [5.74, 6) is 1.85. The number of nitrogens with one attached hydrogen (secondary N) is 2. The summed E-state index contributed by atoms with van der Waals surface area (Å²) >= 11 is 0. The number of nitrogens with zero attached hydrogens (tertiary/aromatic N) is 4. The average molecular weight is 399 g/mol. The maximum atomic E-state index is 5.25. The van der Waals surface area contributed by atoms with E-state index in [1.165, 1.54) is 12.8 Å². The highest BCUT2D eigenvalue weighted by Gasteiger charge is 2.24. The number of guanidine groups is 1. The van der Waals surface area contributed by atoms with Gasteiger partial charge in [-0.05, 0) is 31.9 Å². The SMILES string of the molecule is CCNC(=NCC1CCCN1CCOC)N(C)Cc1ncc(-c2ccccc2)[nH]1. The van der Waals surface area contributed by atoms with E-state index in [-0.39, 0.29) is 0 Å². The van der Waals surface area contributed by atoms with Crippen LogP contribution in [0, 0.1) is 0 Å². The van der Waals surface area contributed by atoms with Crippen molar-refractivity contribution in [2.45, 2.75) is 32.4 Å². The Balaban J connectivity index is 1.61. The molecule has 7 heteroatoms. The number of benzene rings is 1. The van der Waals surface area contributed by atoms with Crippen LogP contribution in [0.15, 0.2) is 41.5 Å². The first kappa shape index (κ1) is 21.3. The predicted octanol–water partition coefficient (Wildman–Crippen LogP) is 2.58. The zero-order valence-electron chi connectivity index (χ0n) is 17.9. The zero-order chi connectivity index (χ0) is 20.5. The molecule has 1 saturated heterocycles. The monoisotopic (exact) mass is 398 g/mol. The first-order valence-electron chi connectivity index (χ1n) is 10.5. The van der Waals surface area contributed by atoms with Gasteiger partial charge >= 0.3 is 0 Å². The lowest BCUT2D eigenvalue weighted by atomic mass is 10.2. The van der Waals surface area contributed by atoms with Gasteiger partial charge in [0, 0.05) is 33.3 Å². The number of hydrogen-bond donors (Lipinski definition) is 2. The maximum absolute atomic E-state index is 5.25. The smallest absolute Gasteiger partial charge is 0.194 e. The van der Waals surface area contributed by atoms with Crippen molar-refractivity contribution in [1.29, 1.82) is 0 Å². The van der Waals surface area contributed by atoms with Gasteiger partial charge in [0.25, 0.3) is 0 Å². The molecule has 0 radical (unpaired) electrons. The number of aromatic amines is 1. The molecule has 1 aliphatic heterocycles. The Morgan fingerprint density at radius 3 is 2.97 bits per heavy atom. The molecular formula is C22H34N6O. The van der Waals surface area contributed by atoms with Gasteiger partial charge in [0.15, 0.2) is 5.96 Å². The minimum atomic E-state index is 0.500. The maximum Gasteiger partial charge on any atom is 0.194 e. The molecule has 1 aliphatic rings. The second kappa shape index (κ2) is 11.0. The van der Waals surface area contributed by atoms with Crippen LogP contribution in [0.25, 0.3) is 11.3 Å². The van der Waals surface area contributed by atoms with E-state index < -0.39 is 0 Å². The first-order valence-corrected chi connectivity index (χ1v) is 10.5. The summed E-state index contributed by atoms with van der Waals surface area (Å²) in [6, 6.07) is 10.8. The lowest BCUT2D eigenvalue weighted by molar-refractivity contribution is 0.142. The van der Waals surface area contributed by atoms with Crippen molar-refractivity contribution >= 4 is 5.96 Å². The van der Waals surface area contributed by atoms with E-state index in [1.807, 2.05) is 24.4 Å². The molecule has 2 heterocycles. The molecule has 0 saturated carbocycles. The van der Waals surface area contributed by atoms with Crippen molar-refractivity contribution in [3.8, 4) is 11.3 Å². The van der Waals surface area contributed by atoms with E-state index in [4.69, 9.17) is 9.73 Å². The number of aromatic nitrogens is 2. The third kappa shape index (κ3) is 6.05. The summed E-state index contributed by atoms with van der Waals surface area (Å²) in [6.45, 7) is 7.34. The van der Waals surface area contributed by atoms with Crippen LogP contribution in [-0.2, 0) is 11.3 Å². The molecule has 0 spiro atoms. The first-order chi connectivity index (χ1) is 14.2. The molecule has 3 rings (SSSR count). The van der Waals surface area contributed by atoms with Crippen molar-refractivity contribution < 1.29 is 4.74 Å². The minimum absolute atomic E-state index is 0.500. The number of ether oxygens (including phenoxy) is 1. The fourth-order valence-electron chi connectivity index (χ4n) is 3.77. The third-order valence-electron chi connectivity index (χ3n) is 5.33. The fraction of sp³-hybridized carbons (Fsp3) is 0.545. The van der Waals surface area contributed by atoms with Gasteiger partial charge in [-0.25, -0.2) is 4.98 Å². The number of imidazole rings is 1. The predicted molar refractivity (Wildman–Crippen MR) is 118 cm³/mol. The Kier molecular flexibility index (Phi) is 8.07. The molecule has 1 atom stereocenters. The fourth-order valence-corrected chi connectivity index (χ4v) is 3.77. The van der Waals surface area contributed by atoms with E-state index >= 15 is 0 Å². The molecule has 2 aromatic rings. The van der Waals surface area contributed by atoms with E-state index in [2.05, 4.69) is 51.2 Å². The summed E-state index contributed by atoms with van der Waals surface area (Å²) in [7, 11) is 3.82. The van der Waals surface area contributed by atoms with Crippen LogP contribution in [0.3, 0.4) is 0 Å². The highest BCUT2D eigenvalue weighted by molar-refractivity contribution is 5.79. The Hall–Kier alpha value is -2.38. The van der Waals surface area contributed by atoms with E-state index in [0.717, 1.165) is 55.8 Å². The standard InChI is InChI=1S/C22H34N6O/c1-4-23-22(25-15-19-11-8-12-28(19)13-14-29-3)27(2)17-21-24-16-20(26-21)18-9-6-5-7-10-18/h5-7,9-10,16,19H,4,8,11-15,17H2,1-3H3,(H,23,25)(H,24,26). The second-order valence-corrected chi connectivity index (χ2v) is 7.49. The summed E-state index contributed by atoms with van der Waals surface area (Å²) in [4.78, 5) is 17.5. The minimum Gasteiger partial charge on any atom is -0.383 e. The quantitative estimate of drug-likeness (QED) is 0.502. The number of aliphatic imine (C=N–C) groups is 1. The van der Waals surface area contributed by atoms with Crippen LogP contribution in [-0.4, -0.2) is 78.7 Å². The molecule has 1 unspecified atom stereocenters. The van der Waals surface area contributed by atoms with Gasteiger partial charge in [-0.2, -0.15) is 0 Å². The topological polar surface area (TPSA) is 68.8 Å². The normalized spacial score (nSPS) is 17.6. The summed E-state index contributed by atoms with van der Waals surface area (Å²) in [5.41, 5.74) is 2.18. The van der Waals surface area contributed by atoms with E-state index in [9.17, 15) is 0 Å². The van der Waals surface area contributed by atoms with Crippen LogP contribution < -0.4 is 5.32 Å². The number of rotatable bonds is 9. The van der Waals surface area contributed by atoms with Gasteiger partial charge in [-0.1, -0.05) is 30.3 Å². The van der Waals surface area contributed by atoms with Crippen molar-refractivity contribution in [1.82, 2.24) is 25.1 Å². The van der Waals surface area contributed by atoms with Gasteiger partial charge < -0.3 is 19.9 Å². The van der Waals surface area contributed by atoms with Crippen LogP contribution in [0.2, 0.25) is 0 Å². The molecule has 158 valence electrons. The van der Waals surface area contributed by atoms with Gasteiger partial charge in [0.1, 0.15) is 5.82 Å². The number of H-pyrrole nitrogens is 1. The van der Waals surface area contributed by atoms with Gasteiger partial charge in [-0.3, -0.25) is 9.89 Å². The van der Waals surface area contributed by atoms with Crippen molar-refractivity contribution in [3.05, 3.63) is 42.4 Å². The number of likely N-dealkylation sites (tertiary alicyclic amines) is 1. The molecule has 1 aromatic carbocycles. The van der Waals surface area contributed by atoms with Crippen molar-refractivity contribution in [3.63, 3.8) is 0 Å². The zero-order valence-corrected chi connectivity index (χ0v) is 17.9. The van der Waals surface area contributed by atoms with Crippen LogP contribution >= 0.6 is 0 Å². The number of hydrogen-bond acceptors (Lipinski definition) is 4. The molecule has 7 nitrogen and oxygen atoms in total. The van der Waals surface area contributed by atoms with E-state index in [1.54, 1.807) is 7.11 Å². The molecule has 0 aliphatic carbocycles. The van der Waals surface area contributed by atoms with Gasteiger partial charge in [0.05, 0.1) is 31.6 Å².